The lowest BCUT2D eigenvalue weighted by Gasteiger charge is -1.88. The Bertz CT molecular complexity index is 53.1. The summed E-state index contributed by atoms with van der Waals surface area (Å²) < 4.78 is 0. The molecule has 0 N–H and O–H groups in total. The van der Waals surface area contributed by atoms with E-state index in [9.17, 15) is 0 Å². The summed E-state index contributed by atoms with van der Waals surface area (Å²) in [4.78, 5) is 0. The summed E-state index contributed by atoms with van der Waals surface area (Å²) in [6.07, 6.45) is 10.2. The fourth-order valence-electron chi connectivity index (χ4n) is 0.554. The van der Waals surface area contributed by atoms with E-state index in [1.807, 2.05) is 0 Å². The predicted molar refractivity (Wildman–Crippen MR) is 38.6 cm³/mol. The van der Waals surface area contributed by atoms with Gasteiger partial charge in [-0.3, -0.25) is 0 Å². The second-order valence-corrected chi connectivity index (χ2v) is 1.88. The first-order valence-corrected chi connectivity index (χ1v) is 3.34. The molecular formula is C8H15. The van der Waals surface area contributed by atoms with Gasteiger partial charge in [0.15, 0.2) is 0 Å². The van der Waals surface area contributed by atoms with E-state index in [1.54, 1.807) is 0 Å². The first kappa shape index (κ1) is 7.74. The van der Waals surface area contributed by atoms with Crippen LogP contribution in [-0.4, -0.2) is 0 Å². The third-order valence-corrected chi connectivity index (χ3v) is 1.03. The highest BCUT2D eigenvalue weighted by Gasteiger charge is 1.79. The Morgan fingerprint density at radius 2 is 2.12 bits per heavy atom. The Hall–Kier alpha value is -0.260. The number of unbranched alkanes of at least 4 members (excludes halogenated alkanes) is 3. The molecule has 0 bridgehead atoms. The maximum absolute atomic E-state index is 2.31. The second kappa shape index (κ2) is 6.74. The van der Waals surface area contributed by atoms with Gasteiger partial charge in [-0.15, -0.1) is 0 Å². The minimum absolute atomic E-state index is 1.14. The van der Waals surface area contributed by atoms with Crippen molar-refractivity contribution in [2.75, 3.05) is 0 Å². The monoisotopic (exact) mass is 111 g/mol. The van der Waals surface area contributed by atoms with E-state index in [-0.39, 0.29) is 0 Å². The zero-order chi connectivity index (χ0) is 6.24. The van der Waals surface area contributed by atoms with Gasteiger partial charge in [0.05, 0.1) is 0 Å². The van der Waals surface area contributed by atoms with Gasteiger partial charge in [0.25, 0.3) is 0 Å². The standard InChI is InChI=1S/C8H15/c1-3-5-7-8-6-4-2/h3,5,8H,4,6-7H2,1-2H3. The summed E-state index contributed by atoms with van der Waals surface area (Å²) in [6, 6.07) is 0. The molecule has 0 nitrogen and oxygen atoms in total. The van der Waals surface area contributed by atoms with Crippen LogP contribution in [0.25, 0.3) is 0 Å². The second-order valence-electron chi connectivity index (χ2n) is 1.88. The van der Waals surface area contributed by atoms with Crippen LogP contribution >= 0.6 is 0 Å². The third kappa shape index (κ3) is 5.74. The zero-order valence-corrected chi connectivity index (χ0v) is 5.85. The van der Waals surface area contributed by atoms with Crippen molar-refractivity contribution < 1.29 is 0 Å². The van der Waals surface area contributed by atoms with Crippen LogP contribution in [0.4, 0.5) is 0 Å². The molecule has 0 heteroatoms. The summed E-state index contributed by atoms with van der Waals surface area (Å²) in [6.45, 7) is 4.26. The predicted octanol–water partition coefficient (Wildman–Crippen LogP) is 2.96. The highest BCUT2D eigenvalue weighted by Crippen LogP contribution is 1.96. The molecule has 0 rings (SSSR count). The van der Waals surface area contributed by atoms with Gasteiger partial charge in [-0.05, 0) is 19.8 Å². The van der Waals surface area contributed by atoms with Crippen LogP contribution in [0.1, 0.15) is 33.1 Å². The minimum Gasteiger partial charge on any atom is -0.0917 e. The molecule has 0 spiro atoms. The van der Waals surface area contributed by atoms with Gasteiger partial charge in [-0.25, -0.2) is 0 Å². The quantitative estimate of drug-likeness (QED) is 0.386. The number of allylic oxidation sites excluding steroid dienone is 2. The summed E-state index contributed by atoms with van der Waals surface area (Å²) >= 11 is 0. The summed E-state index contributed by atoms with van der Waals surface area (Å²) in [5.41, 5.74) is 0. The molecule has 0 heterocycles. The van der Waals surface area contributed by atoms with E-state index in [0.29, 0.717) is 0 Å². The lowest BCUT2D eigenvalue weighted by Crippen LogP contribution is -1.70. The van der Waals surface area contributed by atoms with E-state index in [2.05, 4.69) is 32.4 Å². The normalized spacial score (nSPS) is 10.8. The van der Waals surface area contributed by atoms with Crippen LogP contribution in [0.5, 0.6) is 0 Å². The van der Waals surface area contributed by atoms with E-state index in [1.165, 1.54) is 12.8 Å². The molecule has 0 aliphatic rings. The summed E-state index contributed by atoms with van der Waals surface area (Å²) in [5, 5.41) is 0. The van der Waals surface area contributed by atoms with Crippen LogP contribution in [0.3, 0.4) is 0 Å². The largest absolute Gasteiger partial charge is 0.0917 e. The van der Waals surface area contributed by atoms with Crippen LogP contribution in [-0.2, 0) is 0 Å². The van der Waals surface area contributed by atoms with Gasteiger partial charge in [0.1, 0.15) is 0 Å². The van der Waals surface area contributed by atoms with Crippen LogP contribution in [0.2, 0.25) is 0 Å². The van der Waals surface area contributed by atoms with Crippen molar-refractivity contribution in [3.63, 3.8) is 0 Å². The maximum Gasteiger partial charge on any atom is -0.0320 e. The Balaban J connectivity index is 2.72. The maximum atomic E-state index is 2.31. The summed E-state index contributed by atoms with van der Waals surface area (Å²) in [7, 11) is 0. The van der Waals surface area contributed by atoms with Crippen molar-refractivity contribution in [1.29, 1.82) is 0 Å². The van der Waals surface area contributed by atoms with Crippen LogP contribution < -0.4 is 0 Å². The van der Waals surface area contributed by atoms with E-state index >= 15 is 0 Å². The van der Waals surface area contributed by atoms with Gasteiger partial charge in [-0.1, -0.05) is 31.9 Å². The topological polar surface area (TPSA) is 0 Å². The van der Waals surface area contributed by atoms with E-state index in [4.69, 9.17) is 0 Å². The van der Waals surface area contributed by atoms with Gasteiger partial charge < -0.3 is 0 Å². The Kier molecular flexibility index (Phi) is 6.52. The number of rotatable bonds is 4. The molecule has 1 radical (unpaired) electrons. The Morgan fingerprint density at radius 1 is 1.38 bits per heavy atom. The SMILES string of the molecule is CC=CC[CH]CCC. The Labute approximate surface area is 52.6 Å². The fraction of sp³-hybridized carbons (Fsp3) is 0.625. The van der Waals surface area contributed by atoms with Crippen molar-refractivity contribution in [2.45, 2.75) is 33.1 Å². The van der Waals surface area contributed by atoms with Crippen molar-refractivity contribution >= 4 is 0 Å². The van der Waals surface area contributed by atoms with Gasteiger partial charge in [0.2, 0.25) is 0 Å². The molecule has 0 aliphatic carbocycles. The van der Waals surface area contributed by atoms with Gasteiger partial charge in [-0.2, -0.15) is 0 Å². The molecule has 0 aromatic heterocycles. The molecule has 8 heavy (non-hydrogen) atoms. The van der Waals surface area contributed by atoms with Crippen molar-refractivity contribution in [2.24, 2.45) is 0 Å². The Morgan fingerprint density at radius 3 is 2.62 bits per heavy atom. The van der Waals surface area contributed by atoms with Crippen molar-refractivity contribution in [3.8, 4) is 0 Å². The lowest BCUT2D eigenvalue weighted by molar-refractivity contribution is 0.873. The molecule has 0 atom stereocenters. The smallest absolute Gasteiger partial charge is 0.0320 e. The number of hydrogen-bond acceptors (Lipinski definition) is 0. The average Bonchev–Trinajstić information content (AvgIpc) is 1.81. The van der Waals surface area contributed by atoms with Crippen molar-refractivity contribution in [3.05, 3.63) is 18.6 Å². The van der Waals surface area contributed by atoms with E-state index < -0.39 is 0 Å². The minimum atomic E-state index is 1.14. The van der Waals surface area contributed by atoms with Crippen LogP contribution in [0.15, 0.2) is 12.2 Å². The zero-order valence-electron chi connectivity index (χ0n) is 5.85. The molecule has 47 valence electrons. The molecule has 0 unspecified atom stereocenters. The molecular weight excluding hydrogens is 96.1 g/mol. The molecule has 0 aliphatic heterocycles. The van der Waals surface area contributed by atoms with E-state index in [0.717, 1.165) is 6.42 Å². The first-order valence-electron chi connectivity index (χ1n) is 3.34. The summed E-state index contributed by atoms with van der Waals surface area (Å²) in [5.74, 6) is 0. The first-order chi connectivity index (χ1) is 3.91. The molecule has 0 amide bonds. The lowest BCUT2D eigenvalue weighted by atomic mass is 10.2. The average molecular weight is 111 g/mol. The van der Waals surface area contributed by atoms with Gasteiger partial charge in [0, 0.05) is 0 Å². The third-order valence-electron chi connectivity index (χ3n) is 1.03. The molecule has 0 aromatic rings. The highest BCUT2D eigenvalue weighted by molar-refractivity contribution is 4.83. The van der Waals surface area contributed by atoms with Crippen molar-refractivity contribution in [1.82, 2.24) is 0 Å². The molecule has 0 aromatic carbocycles. The van der Waals surface area contributed by atoms with Crippen LogP contribution in [0, 0.1) is 6.42 Å². The molecule has 0 saturated heterocycles. The van der Waals surface area contributed by atoms with Gasteiger partial charge >= 0.3 is 0 Å². The molecule has 0 fully saturated rings. The highest BCUT2D eigenvalue weighted by atomic mass is 13.8. The number of hydrogen-bond donors (Lipinski definition) is 0. The fourth-order valence-corrected chi connectivity index (χ4v) is 0.554. The molecule has 0 saturated carbocycles.